The number of nitrogens with zero attached hydrogens (tertiary/aromatic N) is 3. The number of halogens is 1. The second-order valence-electron chi connectivity index (χ2n) is 4.34. The van der Waals surface area contributed by atoms with Gasteiger partial charge in [0.05, 0.1) is 5.56 Å². The molecular formula is C15H10ClN3O2. The Morgan fingerprint density at radius 1 is 0.857 bits per heavy atom. The molecule has 0 saturated carbocycles. The fourth-order valence-corrected chi connectivity index (χ4v) is 2.00. The van der Waals surface area contributed by atoms with Gasteiger partial charge in [0.25, 0.3) is 0 Å². The van der Waals surface area contributed by atoms with E-state index in [1.165, 1.54) is 18.5 Å². The number of aromatic hydroxyl groups is 2. The van der Waals surface area contributed by atoms with E-state index in [4.69, 9.17) is 11.6 Å². The molecule has 0 aliphatic heterocycles. The molecule has 3 rings (SSSR count). The summed E-state index contributed by atoms with van der Waals surface area (Å²) < 4.78 is 0. The number of hydrogen-bond acceptors (Lipinski definition) is 5. The van der Waals surface area contributed by atoms with Crippen LogP contribution in [-0.4, -0.2) is 25.2 Å². The predicted molar refractivity (Wildman–Crippen MR) is 79.0 cm³/mol. The van der Waals surface area contributed by atoms with Gasteiger partial charge in [0.15, 0.2) is 11.6 Å². The van der Waals surface area contributed by atoms with Crippen molar-refractivity contribution in [1.82, 2.24) is 15.0 Å². The van der Waals surface area contributed by atoms with Crippen molar-refractivity contribution in [3.63, 3.8) is 0 Å². The first kappa shape index (κ1) is 13.3. The molecule has 0 amide bonds. The maximum Gasteiger partial charge on any atom is 0.167 e. The highest BCUT2D eigenvalue weighted by atomic mass is 35.5. The van der Waals surface area contributed by atoms with Crippen molar-refractivity contribution in [3.8, 4) is 34.3 Å². The topological polar surface area (TPSA) is 79.1 Å². The second kappa shape index (κ2) is 5.38. The SMILES string of the molecule is Oc1ccc(-c2ncnc(-c3ccc(Cl)cc3)n2)c(O)c1. The zero-order valence-electron chi connectivity index (χ0n) is 10.7. The summed E-state index contributed by atoms with van der Waals surface area (Å²) in [7, 11) is 0. The molecule has 6 heteroatoms. The maximum absolute atomic E-state index is 9.86. The van der Waals surface area contributed by atoms with E-state index in [1.54, 1.807) is 30.3 Å². The van der Waals surface area contributed by atoms with Gasteiger partial charge in [-0.15, -0.1) is 0 Å². The van der Waals surface area contributed by atoms with Crippen LogP contribution in [0.2, 0.25) is 5.02 Å². The molecule has 0 atom stereocenters. The number of phenols is 2. The fourth-order valence-electron chi connectivity index (χ4n) is 1.87. The fraction of sp³-hybridized carbons (Fsp3) is 0. The Morgan fingerprint density at radius 2 is 1.57 bits per heavy atom. The molecule has 1 aromatic heterocycles. The standard InChI is InChI=1S/C15H10ClN3O2/c16-10-3-1-9(2-4-10)14-17-8-18-15(19-14)12-6-5-11(20)7-13(12)21/h1-8,20-21H. The molecule has 21 heavy (non-hydrogen) atoms. The van der Waals surface area contributed by atoms with Crippen LogP contribution in [0.4, 0.5) is 0 Å². The normalized spacial score (nSPS) is 10.5. The highest BCUT2D eigenvalue weighted by molar-refractivity contribution is 6.30. The van der Waals surface area contributed by atoms with Crippen molar-refractivity contribution in [3.05, 3.63) is 53.8 Å². The first-order valence-electron chi connectivity index (χ1n) is 6.11. The van der Waals surface area contributed by atoms with E-state index in [0.29, 0.717) is 22.2 Å². The number of rotatable bonds is 2. The lowest BCUT2D eigenvalue weighted by atomic mass is 10.1. The van der Waals surface area contributed by atoms with E-state index >= 15 is 0 Å². The van der Waals surface area contributed by atoms with Gasteiger partial charge in [-0.1, -0.05) is 11.6 Å². The van der Waals surface area contributed by atoms with Crippen molar-refractivity contribution in [2.45, 2.75) is 0 Å². The molecule has 0 bridgehead atoms. The molecule has 0 radical (unpaired) electrons. The Hall–Kier alpha value is -2.66. The molecule has 1 heterocycles. The number of aromatic nitrogens is 3. The van der Waals surface area contributed by atoms with Crippen molar-refractivity contribution in [2.75, 3.05) is 0 Å². The summed E-state index contributed by atoms with van der Waals surface area (Å²) in [5, 5.41) is 19.8. The Labute approximate surface area is 125 Å². The van der Waals surface area contributed by atoms with Gasteiger partial charge < -0.3 is 10.2 Å². The number of hydrogen-bond donors (Lipinski definition) is 2. The Balaban J connectivity index is 2.05. The molecule has 0 spiro atoms. The third-order valence-corrected chi connectivity index (χ3v) is 3.15. The molecule has 0 unspecified atom stereocenters. The van der Waals surface area contributed by atoms with E-state index in [-0.39, 0.29) is 11.5 Å². The largest absolute Gasteiger partial charge is 0.508 e. The van der Waals surface area contributed by atoms with Crippen LogP contribution in [0.5, 0.6) is 11.5 Å². The monoisotopic (exact) mass is 299 g/mol. The van der Waals surface area contributed by atoms with E-state index in [9.17, 15) is 10.2 Å². The minimum Gasteiger partial charge on any atom is -0.508 e. The lowest BCUT2D eigenvalue weighted by molar-refractivity contribution is 0.451. The van der Waals surface area contributed by atoms with Crippen LogP contribution in [-0.2, 0) is 0 Å². The smallest absolute Gasteiger partial charge is 0.167 e. The summed E-state index contributed by atoms with van der Waals surface area (Å²) in [4.78, 5) is 12.5. The molecule has 0 aliphatic carbocycles. The molecule has 0 fully saturated rings. The molecule has 0 saturated heterocycles. The van der Waals surface area contributed by atoms with Crippen LogP contribution < -0.4 is 0 Å². The van der Waals surface area contributed by atoms with Gasteiger partial charge in [-0.05, 0) is 36.4 Å². The Bertz CT molecular complexity index is 791. The second-order valence-corrected chi connectivity index (χ2v) is 4.78. The minimum atomic E-state index is -0.0942. The first-order chi connectivity index (χ1) is 10.1. The maximum atomic E-state index is 9.86. The Morgan fingerprint density at radius 3 is 2.29 bits per heavy atom. The minimum absolute atomic E-state index is 0.0248. The van der Waals surface area contributed by atoms with E-state index in [2.05, 4.69) is 15.0 Å². The third kappa shape index (κ3) is 2.78. The highest BCUT2D eigenvalue weighted by Crippen LogP contribution is 2.30. The van der Waals surface area contributed by atoms with Crippen LogP contribution in [0.3, 0.4) is 0 Å². The van der Waals surface area contributed by atoms with Crippen LogP contribution in [0, 0.1) is 0 Å². The van der Waals surface area contributed by atoms with Gasteiger partial charge in [-0.3, -0.25) is 0 Å². The average Bonchev–Trinajstić information content (AvgIpc) is 2.48. The lowest BCUT2D eigenvalue weighted by Crippen LogP contribution is -1.95. The number of phenolic OH excluding ortho intramolecular Hbond substituents is 2. The molecule has 3 aromatic rings. The van der Waals surface area contributed by atoms with Gasteiger partial charge in [-0.2, -0.15) is 0 Å². The van der Waals surface area contributed by atoms with Crippen LogP contribution >= 0.6 is 11.6 Å². The van der Waals surface area contributed by atoms with Crippen molar-refractivity contribution < 1.29 is 10.2 Å². The van der Waals surface area contributed by atoms with Gasteiger partial charge in [0.2, 0.25) is 0 Å². The summed E-state index contributed by atoms with van der Waals surface area (Å²) in [5.74, 6) is 0.683. The average molecular weight is 300 g/mol. The van der Waals surface area contributed by atoms with Crippen molar-refractivity contribution >= 4 is 11.6 Å². The van der Waals surface area contributed by atoms with E-state index in [1.807, 2.05) is 0 Å². The van der Waals surface area contributed by atoms with E-state index < -0.39 is 0 Å². The molecule has 0 aliphatic rings. The zero-order chi connectivity index (χ0) is 14.8. The van der Waals surface area contributed by atoms with Crippen LogP contribution in [0.15, 0.2) is 48.8 Å². The quantitative estimate of drug-likeness (QED) is 0.759. The summed E-state index contributed by atoms with van der Waals surface area (Å²) in [5.41, 5.74) is 1.21. The van der Waals surface area contributed by atoms with Gasteiger partial charge in [-0.25, -0.2) is 15.0 Å². The van der Waals surface area contributed by atoms with Gasteiger partial charge >= 0.3 is 0 Å². The van der Waals surface area contributed by atoms with Crippen molar-refractivity contribution in [1.29, 1.82) is 0 Å². The van der Waals surface area contributed by atoms with Crippen molar-refractivity contribution in [2.24, 2.45) is 0 Å². The zero-order valence-corrected chi connectivity index (χ0v) is 11.5. The summed E-state index contributed by atoms with van der Waals surface area (Å²) in [6.07, 6.45) is 1.37. The third-order valence-electron chi connectivity index (χ3n) is 2.90. The van der Waals surface area contributed by atoms with Crippen LogP contribution in [0.1, 0.15) is 0 Å². The molecule has 104 valence electrons. The van der Waals surface area contributed by atoms with Gasteiger partial charge in [0.1, 0.15) is 17.8 Å². The van der Waals surface area contributed by atoms with Crippen LogP contribution in [0.25, 0.3) is 22.8 Å². The first-order valence-corrected chi connectivity index (χ1v) is 6.48. The summed E-state index contributed by atoms with van der Waals surface area (Å²) in [6, 6.07) is 11.3. The van der Waals surface area contributed by atoms with E-state index in [0.717, 1.165) is 5.56 Å². The number of benzene rings is 2. The molecular weight excluding hydrogens is 290 g/mol. The Kier molecular flexibility index (Phi) is 3.41. The van der Waals surface area contributed by atoms with Gasteiger partial charge in [0, 0.05) is 16.7 Å². The highest BCUT2D eigenvalue weighted by Gasteiger charge is 2.10. The predicted octanol–water partition coefficient (Wildman–Crippen LogP) is 3.27. The molecule has 2 N–H and O–H groups in total. The summed E-state index contributed by atoms with van der Waals surface area (Å²) >= 11 is 5.85. The molecule has 2 aromatic carbocycles. The summed E-state index contributed by atoms with van der Waals surface area (Å²) in [6.45, 7) is 0. The molecule has 5 nitrogen and oxygen atoms in total. The lowest BCUT2D eigenvalue weighted by Gasteiger charge is -2.05.